The molecule has 0 saturated carbocycles. The first-order valence-electron chi connectivity index (χ1n) is 6.21. The van der Waals surface area contributed by atoms with E-state index in [0.717, 1.165) is 0 Å². The van der Waals surface area contributed by atoms with E-state index in [-0.39, 0.29) is 11.7 Å². The Morgan fingerprint density at radius 2 is 2.20 bits per heavy atom. The highest BCUT2D eigenvalue weighted by molar-refractivity contribution is 5.91. The summed E-state index contributed by atoms with van der Waals surface area (Å²) in [5.41, 5.74) is 0.357. The summed E-state index contributed by atoms with van der Waals surface area (Å²) in [6, 6.07) is 6.42. The third-order valence-electron chi connectivity index (χ3n) is 2.82. The number of aromatic nitrogens is 1. The van der Waals surface area contributed by atoms with Crippen molar-refractivity contribution < 1.29 is 9.21 Å². The van der Waals surface area contributed by atoms with Gasteiger partial charge in [0.15, 0.2) is 0 Å². The number of urea groups is 1. The standard InChI is InChI=1S/C14H15N3O3/c1-3-17(14(19)15-2)11-6-7-12(20-13(11)18)10-5-4-8-16-9-10/h4-9H,3H2,1-2H3,(H,15,19). The van der Waals surface area contributed by atoms with E-state index in [0.29, 0.717) is 17.9 Å². The van der Waals surface area contributed by atoms with Crippen LogP contribution in [0.1, 0.15) is 6.92 Å². The molecule has 0 aliphatic carbocycles. The molecule has 2 aromatic rings. The van der Waals surface area contributed by atoms with Gasteiger partial charge in [-0.25, -0.2) is 9.59 Å². The summed E-state index contributed by atoms with van der Waals surface area (Å²) >= 11 is 0. The zero-order chi connectivity index (χ0) is 14.5. The first kappa shape index (κ1) is 13.8. The lowest BCUT2D eigenvalue weighted by Gasteiger charge is -2.18. The van der Waals surface area contributed by atoms with Crippen molar-refractivity contribution in [2.75, 3.05) is 18.5 Å². The number of rotatable bonds is 3. The molecule has 0 aliphatic rings. The third-order valence-corrected chi connectivity index (χ3v) is 2.82. The van der Waals surface area contributed by atoms with Gasteiger partial charge in [-0.3, -0.25) is 9.88 Å². The molecule has 0 aromatic carbocycles. The number of pyridine rings is 1. The quantitative estimate of drug-likeness (QED) is 0.926. The van der Waals surface area contributed by atoms with Gasteiger partial charge in [0.2, 0.25) is 0 Å². The highest BCUT2D eigenvalue weighted by Crippen LogP contribution is 2.19. The molecule has 0 fully saturated rings. The lowest BCUT2D eigenvalue weighted by atomic mass is 10.2. The van der Waals surface area contributed by atoms with Gasteiger partial charge in [-0.1, -0.05) is 0 Å². The average molecular weight is 273 g/mol. The van der Waals surface area contributed by atoms with Crippen molar-refractivity contribution >= 4 is 11.7 Å². The zero-order valence-electron chi connectivity index (χ0n) is 11.3. The summed E-state index contributed by atoms with van der Waals surface area (Å²) < 4.78 is 5.25. The second-order valence-electron chi connectivity index (χ2n) is 4.01. The molecule has 1 N–H and O–H groups in total. The molecule has 20 heavy (non-hydrogen) atoms. The van der Waals surface area contributed by atoms with Crippen LogP contribution in [0.5, 0.6) is 0 Å². The van der Waals surface area contributed by atoms with E-state index in [1.807, 2.05) is 0 Å². The number of carbonyl (C=O) groups is 1. The van der Waals surface area contributed by atoms with Crippen molar-refractivity contribution in [3.05, 3.63) is 47.1 Å². The fourth-order valence-electron chi connectivity index (χ4n) is 1.83. The van der Waals surface area contributed by atoms with Gasteiger partial charge in [-0.2, -0.15) is 0 Å². The Hall–Kier alpha value is -2.63. The van der Waals surface area contributed by atoms with Crippen LogP contribution in [-0.4, -0.2) is 24.6 Å². The molecule has 2 aromatic heterocycles. The molecule has 6 heteroatoms. The van der Waals surface area contributed by atoms with Gasteiger partial charge < -0.3 is 9.73 Å². The maximum Gasteiger partial charge on any atom is 0.360 e. The second-order valence-corrected chi connectivity index (χ2v) is 4.01. The van der Waals surface area contributed by atoms with Crippen molar-refractivity contribution in [3.63, 3.8) is 0 Å². The molecule has 0 radical (unpaired) electrons. The van der Waals surface area contributed by atoms with E-state index in [9.17, 15) is 9.59 Å². The number of anilines is 1. The van der Waals surface area contributed by atoms with Gasteiger partial charge in [0.25, 0.3) is 0 Å². The van der Waals surface area contributed by atoms with Crippen LogP contribution >= 0.6 is 0 Å². The first-order valence-corrected chi connectivity index (χ1v) is 6.21. The Kier molecular flexibility index (Phi) is 4.14. The number of nitrogens with one attached hydrogen (secondary N) is 1. The van der Waals surface area contributed by atoms with Crippen LogP contribution in [0, 0.1) is 0 Å². The van der Waals surface area contributed by atoms with E-state index in [4.69, 9.17) is 4.42 Å². The number of amides is 2. The van der Waals surface area contributed by atoms with E-state index in [2.05, 4.69) is 10.3 Å². The van der Waals surface area contributed by atoms with E-state index < -0.39 is 5.63 Å². The van der Waals surface area contributed by atoms with Gasteiger partial charge in [-0.05, 0) is 31.2 Å². The number of hydrogen-bond donors (Lipinski definition) is 1. The van der Waals surface area contributed by atoms with E-state index in [1.54, 1.807) is 43.6 Å². The molecular formula is C14H15N3O3. The normalized spacial score (nSPS) is 10.1. The fraction of sp³-hybridized carbons (Fsp3) is 0.214. The predicted octanol–water partition coefficient (Wildman–Crippen LogP) is 1.87. The van der Waals surface area contributed by atoms with Gasteiger partial charge in [0.05, 0.1) is 0 Å². The molecule has 0 atom stereocenters. The SMILES string of the molecule is CCN(C(=O)NC)c1ccc(-c2cccnc2)oc1=O. The average Bonchev–Trinajstić information content (AvgIpc) is 2.50. The van der Waals surface area contributed by atoms with Gasteiger partial charge in [0.1, 0.15) is 11.4 Å². The molecule has 0 spiro atoms. The summed E-state index contributed by atoms with van der Waals surface area (Å²) in [6.07, 6.45) is 3.24. The summed E-state index contributed by atoms with van der Waals surface area (Å²) in [5, 5.41) is 2.48. The summed E-state index contributed by atoms with van der Waals surface area (Å²) in [7, 11) is 1.51. The Balaban J connectivity index is 2.40. The van der Waals surface area contributed by atoms with Crippen LogP contribution < -0.4 is 15.8 Å². The smallest absolute Gasteiger partial charge is 0.360 e. The molecule has 0 aliphatic heterocycles. The Morgan fingerprint density at radius 3 is 2.75 bits per heavy atom. The van der Waals surface area contributed by atoms with Crippen LogP contribution in [0.4, 0.5) is 10.5 Å². The number of carbonyl (C=O) groups excluding carboxylic acids is 1. The minimum absolute atomic E-state index is 0.208. The van der Waals surface area contributed by atoms with Crippen molar-refractivity contribution in [2.24, 2.45) is 0 Å². The van der Waals surface area contributed by atoms with Crippen molar-refractivity contribution in [3.8, 4) is 11.3 Å². The Labute approximate surface area is 116 Å². The molecule has 104 valence electrons. The highest BCUT2D eigenvalue weighted by atomic mass is 16.4. The molecule has 0 bridgehead atoms. The van der Waals surface area contributed by atoms with Gasteiger partial charge >= 0.3 is 11.7 Å². The van der Waals surface area contributed by atoms with Crippen LogP contribution in [0.2, 0.25) is 0 Å². The molecular weight excluding hydrogens is 258 g/mol. The van der Waals surface area contributed by atoms with E-state index >= 15 is 0 Å². The minimum Gasteiger partial charge on any atom is -0.421 e. The lowest BCUT2D eigenvalue weighted by molar-refractivity contribution is 0.248. The first-order chi connectivity index (χ1) is 9.67. The van der Waals surface area contributed by atoms with Crippen LogP contribution in [0.3, 0.4) is 0 Å². The minimum atomic E-state index is -0.559. The Bertz CT molecular complexity index is 652. The van der Waals surface area contributed by atoms with Crippen molar-refractivity contribution in [2.45, 2.75) is 6.92 Å². The topological polar surface area (TPSA) is 75.4 Å². The van der Waals surface area contributed by atoms with Crippen molar-refractivity contribution in [1.82, 2.24) is 10.3 Å². The van der Waals surface area contributed by atoms with Crippen LogP contribution in [0.15, 0.2) is 45.9 Å². The maximum absolute atomic E-state index is 12.0. The lowest BCUT2D eigenvalue weighted by Crippen LogP contribution is -2.40. The second kappa shape index (κ2) is 6.01. The molecule has 2 heterocycles. The van der Waals surface area contributed by atoms with Crippen molar-refractivity contribution in [1.29, 1.82) is 0 Å². The zero-order valence-corrected chi connectivity index (χ0v) is 11.3. The highest BCUT2D eigenvalue weighted by Gasteiger charge is 2.17. The van der Waals surface area contributed by atoms with E-state index in [1.165, 1.54) is 11.9 Å². The van der Waals surface area contributed by atoms with Crippen LogP contribution in [0.25, 0.3) is 11.3 Å². The molecule has 6 nitrogen and oxygen atoms in total. The molecule has 0 unspecified atom stereocenters. The van der Waals surface area contributed by atoms with Gasteiger partial charge in [0, 0.05) is 31.5 Å². The van der Waals surface area contributed by atoms with Gasteiger partial charge in [-0.15, -0.1) is 0 Å². The molecule has 0 saturated heterocycles. The Morgan fingerprint density at radius 1 is 1.40 bits per heavy atom. The molecule has 2 rings (SSSR count). The summed E-state index contributed by atoms with van der Waals surface area (Å²) in [4.78, 5) is 29.0. The largest absolute Gasteiger partial charge is 0.421 e. The predicted molar refractivity (Wildman–Crippen MR) is 75.7 cm³/mol. The summed E-state index contributed by atoms with van der Waals surface area (Å²) in [5.74, 6) is 0.416. The number of hydrogen-bond acceptors (Lipinski definition) is 4. The maximum atomic E-state index is 12.0. The monoisotopic (exact) mass is 273 g/mol. The third kappa shape index (κ3) is 2.69. The fourth-order valence-corrected chi connectivity index (χ4v) is 1.83. The van der Waals surface area contributed by atoms with Crippen LogP contribution in [-0.2, 0) is 0 Å². The summed E-state index contributed by atoms with van der Waals surface area (Å²) in [6.45, 7) is 2.15. The molecule has 2 amide bonds. The number of nitrogens with zero attached hydrogens (tertiary/aromatic N) is 2.